The highest BCUT2D eigenvalue weighted by atomic mass is 16.1. The van der Waals surface area contributed by atoms with Crippen LogP contribution in [0.4, 0.5) is 0 Å². The molecule has 4 nitrogen and oxygen atoms in total. The topological polar surface area (TPSA) is 54.9 Å². The van der Waals surface area contributed by atoms with Crippen molar-refractivity contribution in [1.29, 1.82) is 0 Å². The van der Waals surface area contributed by atoms with Crippen LogP contribution in [0.2, 0.25) is 0 Å². The van der Waals surface area contributed by atoms with Crippen LogP contribution in [0.1, 0.15) is 49.3 Å². The number of hydrogen-bond donors (Lipinski definition) is 1. The number of carbonyl (C=O) groups excluding carboxylic acids is 1. The Kier molecular flexibility index (Phi) is 5.94. The van der Waals surface area contributed by atoms with Crippen LogP contribution in [-0.2, 0) is 11.2 Å². The highest BCUT2D eigenvalue weighted by molar-refractivity contribution is 5.83. The van der Waals surface area contributed by atoms with E-state index in [4.69, 9.17) is 0 Å². The second kappa shape index (κ2) is 8.57. The standard InChI is InChI=1S/C20H25N3O/c24-20(23-14-11-18-10-4-5-13-22-18)19(16-7-2-1-3-8-16)17-9-6-12-21-15-17/h4-6,9-10,12-13,15-16,19H,1-3,7-8,11,14H2,(H,23,24). The molecule has 4 heteroatoms. The zero-order valence-electron chi connectivity index (χ0n) is 14.0. The van der Waals surface area contributed by atoms with E-state index < -0.39 is 0 Å². The predicted molar refractivity (Wildman–Crippen MR) is 94.5 cm³/mol. The monoisotopic (exact) mass is 323 g/mol. The molecule has 1 aliphatic carbocycles. The first kappa shape index (κ1) is 16.6. The Labute approximate surface area is 143 Å². The molecular weight excluding hydrogens is 298 g/mol. The Morgan fingerprint density at radius 3 is 2.71 bits per heavy atom. The highest BCUT2D eigenvalue weighted by Crippen LogP contribution is 2.36. The Bertz CT molecular complexity index is 624. The van der Waals surface area contributed by atoms with Gasteiger partial charge in [-0.25, -0.2) is 0 Å². The number of nitrogens with zero attached hydrogens (tertiary/aromatic N) is 2. The normalized spacial score (nSPS) is 16.5. The molecule has 24 heavy (non-hydrogen) atoms. The number of carbonyl (C=O) groups is 1. The van der Waals surface area contributed by atoms with Gasteiger partial charge >= 0.3 is 0 Å². The third kappa shape index (κ3) is 4.40. The van der Waals surface area contributed by atoms with Crippen molar-refractivity contribution in [2.45, 2.75) is 44.4 Å². The maximum atomic E-state index is 12.9. The predicted octanol–water partition coefficient (Wildman–Crippen LogP) is 3.50. The molecule has 1 fully saturated rings. The van der Waals surface area contributed by atoms with Gasteiger partial charge in [0.2, 0.25) is 5.91 Å². The van der Waals surface area contributed by atoms with Crippen LogP contribution >= 0.6 is 0 Å². The molecule has 0 spiro atoms. The van der Waals surface area contributed by atoms with E-state index in [9.17, 15) is 4.79 Å². The lowest BCUT2D eigenvalue weighted by molar-refractivity contribution is -0.124. The van der Waals surface area contributed by atoms with Crippen LogP contribution in [0.5, 0.6) is 0 Å². The summed E-state index contributed by atoms with van der Waals surface area (Å²) in [6.45, 7) is 0.624. The zero-order valence-corrected chi connectivity index (χ0v) is 14.0. The number of pyridine rings is 2. The molecule has 0 aliphatic heterocycles. The van der Waals surface area contributed by atoms with Gasteiger partial charge in [0.1, 0.15) is 0 Å². The van der Waals surface area contributed by atoms with Crippen LogP contribution in [-0.4, -0.2) is 22.4 Å². The molecular formula is C20H25N3O. The molecule has 3 rings (SSSR count). The summed E-state index contributed by atoms with van der Waals surface area (Å²) in [6.07, 6.45) is 12.2. The molecule has 1 aliphatic rings. The average Bonchev–Trinajstić information content (AvgIpc) is 2.65. The molecule has 2 aromatic rings. The van der Waals surface area contributed by atoms with E-state index in [1.54, 1.807) is 12.4 Å². The van der Waals surface area contributed by atoms with Crippen LogP contribution in [0, 0.1) is 5.92 Å². The summed E-state index contributed by atoms with van der Waals surface area (Å²) in [6, 6.07) is 9.83. The van der Waals surface area contributed by atoms with Crippen molar-refractivity contribution in [2.24, 2.45) is 5.92 Å². The van der Waals surface area contributed by atoms with Crippen LogP contribution in [0.3, 0.4) is 0 Å². The van der Waals surface area contributed by atoms with Gasteiger partial charge in [-0.05, 0) is 42.5 Å². The van der Waals surface area contributed by atoms with Gasteiger partial charge < -0.3 is 5.32 Å². The van der Waals surface area contributed by atoms with Gasteiger partial charge in [-0.3, -0.25) is 14.8 Å². The molecule has 0 aromatic carbocycles. The number of hydrogen-bond acceptors (Lipinski definition) is 3. The lowest BCUT2D eigenvalue weighted by atomic mass is 9.76. The van der Waals surface area contributed by atoms with Gasteiger partial charge in [0.15, 0.2) is 0 Å². The first-order chi connectivity index (χ1) is 11.8. The fourth-order valence-electron chi connectivity index (χ4n) is 3.63. The van der Waals surface area contributed by atoms with E-state index in [0.29, 0.717) is 12.5 Å². The lowest BCUT2D eigenvalue weighted by Gasteiger charge is -2.29. The molecule has 2 heterocycles. The van der Waals surface area contributed by atoms with Gasteiger partial charge in [0, 0.05) is 37.3 Å². The number of amides is 1. The zero-order chi connectivity index (χ0) is 16.6. The van der Waals surface area contributed by atoms with Crippen LogP contribution in [0.25, 0.3) is 0 Å². The summed E-state index contributed by atoms with van der Waals surface area (Å²) in [5.41, 5.74) is 2.05. The van der Waals surface area contributed by atoms with Gasteiger partial charge in [0.25, 0.3) is 0 Å². The summed E-state index contributed by atoms with van der Waals surface area (Å²) in [4.78, 5) is 21.4. The second-order valence-electron chi connectivity index (χ2n) is 6.52. The van der Waals surface area contributed by atoms with Crippen molar-refractivity contribution in [1.82, 2.24) is 15.3 Å². The van der Waals surface area contributed by atoms with Crippen molar-refractivity contribution in [3.63, 3.8) is 0 Å². The maximum absolute atomic E-state index is 12.9. The maximum Gasteiger partial charge on any atom is 0.227 e. The Hall–Kier alpha value is -2.23. The highest BCUT2D eigenvalue weighted by Gasteiger charge is 2.30. The fourth-order valence-corrected chi connectivity index (χ4v) is 3.63. The van der Waals surface area contributed by atoms with Gasteiger partial charge in [-0.15, -0.1) is 0 Å². The third-order valence-electron chi connectivity index (χ3n) is 4.85. The molecule has 126 valence electrons. The second-order valence-corrected chi connectivity index (χ2v) is 6.52. The SMILES string of the molecule is O=C(NCCc1ccccn1)C(c1cccnc1)C1CCCCC1. The van der Waals surface area contributed by atoms with Crippen molar-refractivity contribution >= 4 is 5.91 Å². The summed E-state index contributed by atoms with van der Waals surface area (Å²) in [5, 5.41) is 3.12. The summed E-state index contributed by atoms with van der Waals surface area (Å²) in [7, 11) is 0. The summed E-state index contributed by atoms with van der Waals surface area (Å²) < 4.78 is 0. The summed E-state index contributed by atoms with van der Waals surface area (Å²) in [5.74, 6) is 0.478. The minimum Gasteiger partial charge on any atom is -0.355 e. The van der Waals surface area contributed by atoms with E-state index in [0.717, 1.165) is 30.5 Å². The number of nitrogens with one attached hydrogen (secondary N) is 1. The Morgan fingerprint density at radius 1 is 1.12 bits per heavy atom. The fraction of sp³-hybridized carbons (Fsp3) is 0.450. The van der Waals surface area contributed by atoms with Gasteiger partial charge in [0.05, 0.1) is 5.92 Å². The number of rotatable bonds is 6. The van der Waals surface area contributed by atoms with E-state index in [-0.39, 0.29) is 11.8 Å². The smallest absolute Gasteiger partial charge is 0.227 e. The quantitative estimate of drug-likeness (QED) is 0.885. The lowest BCUT2D eigenvalue weighted by Crippen LogP contribution is -2.35. The third-order valence-corrected chi connectivity index (χ3v) is 4.85. The minimum absolute atomic E-state index is 0.0808. The van der Waals surface area contributed by atoms with Crippen molar-refractivity contribution in [3.05, 3.63) is 60.2 Å². The molecule has 1 N–H and O–H groups in total. The molecule has 2 aromatic heterocycles. The van der Waals surface area contributed by atoms with Gasteiger partial charge in [-0.2, -0.15) is 0 Å². The number of aromatic nitrogens is 2. The Balaban J connectivity index is 1.64. The largest absolute Gasteiger partial charge is 0.355 e. The van der Waals surface area contributed by atoms with E-state index in [2.05, 4.69) is 15.3 Å². The molecule has 1 atom stereocenters. The average molecular weight is 323 g/mol. The van der Waals surface area contributed by atoms with Gasteiger partial charge in [-0.1, -0.05) is 31.4 Å². The molecule has 1 unspecified atom stereocenters. The van der Waals surface area contributed by atoms with Crippen LogP contribution in [0.15, 0.2) is 48.9 Å². The van der Waals surface area contributed by atoms with Crippen molar-refractivity contribution in [2.75, 3.05) is 6.54 Å². The first-order valence-electron chi connectivity index (χ1n) is 8.92. The Morgan fingerprint density at radius 2 is 2.00 bits per heavy atom. The van der Waals surface area contributed by atoms with Crippen molar-refractivity contribution < 1.29 is 4.79 Å². The van der Waals surface area contributed by atoms with E-state index >= 15 is 0 Å². The minimum atomic E-state index is -0.0808. The molecule has 0 radical (unpaired) electrons. The molecule has 0 bridgehead atoms. The van der Waals surface area contributed by atoms with Crippen LogP contribution < -0.4 is 5.32 Å². The molecule has 1 amide bonds. The molecule has 0 saturated heterocycles. The first-order valence-corrected chi connectivity index (χ1v) is 8.92. The van der Waals surface area contributed by atoms with E-state index in [1.807, 2.05) is 36.5 Å². The van der Waals surface area contributed by atoms with E-state index in [1.165, 1.54) is 19.3 Å². The summed E-state index contributed by atoms with van der Waals surface area (Å²) >= 11 is 0. The van der Waals surface area contributed by atoms with Crippen molar-refractivity contribution in [3.8, 4) is 0 Å². The molecule has 1 saturated carbocycles.